The Bertz CT molecular complexity index is 779. The van der Waals surface area contributed by atoms with E-state index in [2.05, 4.69) is 5.32 Å². The smallest absolute Gasteiger partial charge is 0.325 e. The molecule has 1 aromatic carbocycles. The van der Waals surface area contributed by atoms with Gasteiger partial charge in [0, 0.05) is 25.1 Å². The normalized spacial score (nSPS) is 16.1. The predicted molar refractivity (Wildman–Crippen MR) is 106 cm³/mol. The first kappa shape index (κ1) is 21.5. The van der Waals surface area contributed by atoms with Crippen LogP contribution in [0.5, 0.6) is 5.75 Å². The van der Waals surface area contributed by atoms with Crippen LogP contribution in [0.3, 0.4) is 0 Å². The highest BCUT2D eigenvalue weighted by Gasteiger charge is 2.28. The Morgan fingerprint density at radius 3 is 2.43 bits per heavy atom. The lowest BCUT2D eigenvalue weighted by Crippen LogP contribution is -2.46. The molecule has 152 valence electrons. The summed E-state index contributed by atoms with van der Waals surface area (Å²) in [6.07, 6.45) is 4.41. The molecule has 1 aromatic rings. The van der Waals surface area contributed by atoms with Crippen LogP contribution in [0.2, 0.25) is 0 Å². The van der Waals surface area contributed by atoms with Gasteiger partial charge in [-0.05, 0) is 62.4 Å². The number of methoxy groups -OCH3 is 1. The third-order valence-electron chi connectivity index (χ3n) is 5.31. The minimum Gasteiger partial charge on any atom is -0.496 e. The Balaban J connectivity index is 1.92. The monoisotopic (exact) mass is 388 g/mol. The van der Waals surface area contributed by atoms with E-state index in [4.69, 9.17) is 9.84 Å². The summed E-state index contributed by atoms with van der Waals surface area (Å²) in [6.45, 7) is 6.36. The molecule has 1 fully saturated rings. The highest BCUT2D eigenvalue weighted by Crippen LogP contribution is 2.25. The van der Waals surface area contributed by atoms with Gasteiger partial charge in [0.05, 0.1) is 7.11 Å². The molecule has 1 aliphatic heterocycles. The van der Waals surface area contributed by atoms with E-state index in [1.165, 1.54) is 6.92 Å². The molecule has 0 radical (unpaired) electrons. The van der Waals surface area contributed by atoms with Gasteiger partial charge in [0.2, 0.25) is 11.8 Å². The molecule has 2 N–H and O–H groups in total. The maximum atomic E-state index is 12.5. The van der Waals surface area contributed by atoms with Gasteiger partial charge in [-0.1, -0.05) is 6.07 Å². The van der Waals surface area contributed by atoms with Crippen molar-refractivity contribution in [3.8, 4) is 5.75 Å². The van der Waals surface area contributed by atoms with Crippen molar-refractivity contribution in [3.05, 3.63) is 34.9 Å². The number of hydrogen-bond acceptors (Lipinski definition) is 4. The van der Waals surface area contributed by atoms with E-state index in [0.717, 1.165) is 22.4 Å². The van der Waals surface area contributed by atoms with E-state index in [1.54, 1.807) is 24.2 Å². The fourth-order valence-electron chi connectivity index (χ4n) is 3.24. The van der Waals surface area contributed by atoms with Crippen LogP contribution in [-0.4, -0.2) is 54.0 Å². The number of nitrogens with one attached hydrogen (secondary N) is 1. The van der Waals surface area contributed by atoms with E-state index < -0.39 is 12.0 Å². The van der Waals surface area contributed by atoms with Crippen molar-refractivity contribution in [2.75, 3.05) is 20.2 Å². The van der Waals surface area contributed by atoms with Crippen LogP contribution < -0.4 is 10.1 Å². The summed E-state index contributed by atoms with van der Waals surface area (Å²) in [5.74, 6) is -0.859. The van der Waals surface area contributed by atoms with Crippen molar-refractivity contribution in [2.45, 2.75) is 39.7 Å². The molecule has 0 aromatic heterocycles. The highest BCUT2D eigenvalue weighted by atomic mass is 16.5. The maximum Gasteiger partial charge on any atom is 0.325 e. The molecule has 1 heterocycles. The SMILES string of the molecule is COc1ccc(/C=C/C(=O)N2CCC(C(=O)NC(C)C(=O)O)CC2)c(C)c1C. The zero-order valence-electron chi connectivity index (χ0n) is 16.8. The largest absolute Gasteiger partial charge is 0.496 e. The summed E-state index contributed by atoms with van der Waals surface area (Å²) in [5.41, 5.74) is 3.06. The van der Waals surface area contributed by atoms with Gasteiger partial charge in [-0.25, -0.2) is 0 Å². The van der Waals surface area contributed by atoms with Crippen molar-refractivity contribution in [1.29, 1.82) is 0 Å². The van der Waals surface area contributed by atoms with Gasteiger partial charge in [0.25, 0.3) is 0 Å². The molecule has 2 rings (SSSR count). The number of benzene rings is 1. The number of hydrogen-bond donors (Lipinski definition) is 2. The second-order valence-corrected chi connectivity index (χ2v) is 7.11. The first-order valence-electron chi connectivity index (χ1n) is 9.39. The van der Waals surface area contributed by atoms with Crippen LogP contribution in [0.25, 0.3) is 6.08 Å². The Labute approximate surface area is 165 Å². The van der Waals surface area contributed by atoms with Gasteiger partial charge in [-0.3, -0.25) is 14.4 Å². The van der Waals surface area contributed by atoms with Crippen LogP contribution in [0.1, 0.15) is 36.5 Å². The van der Waals surface area contributed by atoms with Crippen molar-refractivity contribution < 1.29 is 24.2 Å². The minimum absolute atomic E-state index is 0.0920. The lowest BCUT2D eigenvalue weighted by Gasteiger charge is -2.31. The summed E-state index contributed by atoms with van der Waals surface area (Å²) in [6, 6.07) is 2.89. The van der Waals surface area contributed by atoms with Crippen molar-refractivity contribution in [2.24, 2.45) is 5.92 Å². The molecule has 0 saturated carbocycles. The number of carboxylic acid groups (broad SMARTS) is 1. The number of rotatable bonds is 6. The standard InChI is InChI=1S/C21H28N2O5/c1-13-14(2)18(28-4)7-5-16(13)6-8-19(24)23-11-9-17(10-12-23)20(25)22-15(3)21(26)27/h5-8,15,17H,9-12H2,1-4H3,(H,22,25)(H,26,27)/b8-6+. The molecule has 7 nitrogen and oxygen atoms in total. The summed E-state index contributed by atoms with van der Waals surface area (Å²) >= 11 is 0. The third-order valence-corrected chi connectivity index (χ3v) is 5.31. The van der Waals surface area contributed by atoms with Gasteiger partial charge in [0.1, 0.15) is 11.8 Å². The topological polar surface area (TPSA) is 95.9 Å². The van der Waals surface area contributed by atoms with Crippen LogP contribution in [-0.2, 0) is 14.4 Å². The molecule has 2 amide bonds. The zero-order valence-corrected chi connectivity index (χ0v) is 16.8. The summed E-state index contributed by atoms with van der Waals surface area (Å²) in [7, 11) is 1.63. The van der Waals surface area contributed by atoms with Crippen LogP contribution >= 0.6 is 0 Å². The molecular formula is C21H28N2O5. The van der Waals surface area contributed by atoms with E-state index in [0.29, 0.717) is 25.9 Å². The third kappa shape index (κ3) is 5.12. The number of carbonyl (C=O) groups excluding carboxylic acids is 2. The number of piperidine rings is 1. The van der Waals surface area contributed by atoms with E-state index in [-0.39, 0.29) is 17.7 Å². The van der Waals surface area contributed by atoms with Gasteiger partial charge in [-0.2, -0.15) is 0 Å². The fraction of sp³-hybridized carbons (Fsp3) is 0.476. The molecule has 28 heavy (non-hydrogen) atoms. The van der Waals surface area contributed by atoms with Crippen LogP contribution in [0.15, 0.2) is 18.2 Å². The van der Waals surface area contributed by atoms with Crippen molar-refractivity contribution in [1.82, 2.24) is 10.2 Å². The minimum atomic E-state index is -1.06. The van der Waals surface area contributed by atoms with Crippen molar-refractivity contribution >= 4 is 23.9 Å². The highest BCUT2D eigenvalue weighted by molar-refractivity contribution is 5.92. The second-order valence-electron chi connectivity index (χ2n) is 7.11. The average Bonchev–Trinajstić information content (AvgIpc) is 2.68. The number of aliphatic carboxylic acids is 1. The first-order valence-corrected chi connectivity index (χ1v) is 9.39. The zero-order chi connectivity index (χ0) is 20.8. The van der Waals surface area contributed by atoms with E-state index >= 15 is 0 Å². The van der Waals surface area contributed by atoms with Crippen LogP contribution in [0, 0.1) is 19.8 Å². The number of carbonyl (C=O) groups is 3. The average molecular weight is 388 g/mol. The Morgan fingerprint density at radius 2 is 1.86 bits per heavy atom. The number of nitrogens with zero attached hydrogens (tertiary/aromatic N) is 1. The predicted octanol–water partition coefficient (Wildman–Crippen LogP) is 2.15. The molecule has 1 saturated heterocycles. The Hall–Kier alpha value is -2.83. The lowest BCUT2D eigenvalue weighted by molar-refractivity contribution is -0.142. The molecule has 0 bridgehead atoms. The molecule has 7 heteroatoms. The maximum absolute atomic E-state index is 12.5. The quantitative estimate of drug-likeness (QED) is 0.728. The number of ether oxygens (including phenoxy) is 1. The van der Waals surface area contributed by atoms with Gasteiger partial charge in [-0.15, -0.1) is 0 Å². The summed E-state index contributed by atoms with van der Waals surface area (Å²) in [5, 5.41) is 11.4. The summed E-state index contributed by atoms with van der Waals surface area (Å²) < 4.78 is 5.30. The fourth-order valence-corrected chi connectivity index (χ4v) is 3.24. The molecule has 1 aliphatic rings. The van der Waals surface area contributed by atoms with Crippen LogP contribution in [0.4, 0.5) is 0 Å². The molecule has 1 unspecified atom stereocenters. The second kappa shape index (κ2) is 9.39. The number of amides is 2. The van der Waals surface area contributed by atoms with Gasteiger partial charge < -0.3 is 20.1 Å². The Morgan fingerprint density at radius 1 is 1.21 bits per heavy atom. The van der Waals surface area contributed by atoms with E-state index in [9.17, 15) is 14.4 Å². The van der Waals surface area contributed by atoms with Crippen molar-refractivity contribution in [3.63, 3.8) is 0 Å². The molecule has 1 atom stereocenters. The first-order chi connectivity index (χ1) is 13.2. The molecule has 0 spiro atoms. The number of carboxylic acids is 1. The summed E-state index contributed by atoms with van der Waals surface area (Å²) in [4.78, 5) is 37.2. The van der Waals surface area contributed by atoms with Gasteiger partial charge >= 0.3 is 5.97 Å². The Kier molecular flexibility index (Phi) is 7.20. The molecular weight excluding hydrogens is 360 g/mol. The lowest BCUT2D eigenvalue weighted by atomic mass is 9.95. The number of likely N-dealkylation sites (tertiary alicyclic amines) is 1. The molecule has 0 aliphatic carbocycles. The van der Waals surface area contributed by atoms with E-state index in [1.807, 2.05) is 26.0 Å². The van der Waals surface area contributed by atoms with Gasteiger partial charge in [0.15, 0.2) is 0 Å².